The summed E-state index contributed by atoms with van der Waals surface area (Å²) in [5, 5.41) is 12.4. The maximum Gasteiger partial charge on any atom is 0.235 e. The standard InChI is InChI=1S/C25H32N4O/c1-20(2)25(3,19-26)27-23(30)18-28-14-16-29(17-15-28)24(21-10-6-4-7-11-21)22-12-8-5-9-13-22/h4-13,20,24H,14-18H2,1-3H3,(H,27,30)/t25-/m0/s1. The molecule has 3 rings (SSSR count). The maximum absolute atomic E-state index is 12.5. The van der Waals surface area contributed by atoms with Gasteiger partial charge in [-0.05, 0) is 24.0 Å². The van der Waals surface area contributed by atoms with Crippen molar-refractivity contribution >= 4 is 5.91 Å². The highest BCUT2D eigenvalue weighted by atomic mass is 16.2. The first-order valence-corrected chi connectivity index (χ1v) is 10.7. The van der Waals surface area contributed by atoms with Gasteiger partial charge in [0.25, 0.3) is 0 Å². The lowest BCUT2D eigenvalue weighted by molar-refractivity contribution is -0.124. The maximum atomic E-state index is 12.5. The van der Waals surface area contributed by atoms with Gasteiger partial charge in [0.2, 0.25) is 5.91 Å². The van der Waals surface area contributed by atoms with E-state index < -0.39 is 5.54 Å². The van der Waals surface area contributed by atoms with Gasteiger partial charge in [0.1, 0.15) is 5.54 Å². The first kappa shape index (κ1) is 22.0. The van der Waals surface area contributed by atoms with Crippen molar-refractivity contribution in [2.75, 3.05) is 32.7 Å². The van der Waals surface area contributed by atoms with E-state index in [9.17, 15) is 10.1 Å². The molecule has 0 aromatic heterocycles. The minimum Gasteiger partial charge on any atom is -0.337 e. The van der Waals surface area contributed by atoms with E-state index in [1.165, 1.54) is 11.1 Å². The number of benzene rings is 2. The lowest BCUT2D eigenvalue weighted by Gasteiger charge is -2.40. The molecule has 1 saturated heterocycles. The Morgan fingerprint density at radius 1 is 1.00 bits per heavy atom. The van der Waals surface area contributed by atoms with Gasteiger partial charge < -0.3 is 5.32 Å². The molecule has 2 aromatic rings. The van der Waals surface area contributed by atoms with Crippen molar-refractivity contribution in [2.24, 2.45) is 5.92 Å². The number of nitrogens with zero attached hydrogens (tertiary/aromatic N) is 3. The topological polar surface area (TPSA) is 59.4 Å². The third kappa shape index (κ3) is 5.27. The van der Waals surface area contributed by atoms with Crippen LogP contribution in [0.2, 0.25) is 0 Å². The summed E-state index contributed by atoms with van der Waals surface area (Å²) in [7, 11) is 0. The van der Waals surface area contributed by atoms with Crippen LogP contribution < -0.4 is 5.32 Å². The minimum absolute atomic E-state index is 0.0563. The normalized spacial score (nSPS) is 17.5. The fraction of sp³-hybridized carbons (Fsp3) is 0.440. The molecule has 158 valence electrons. The molecule has 1 atom stereocenters. The zero-order valence-corrected chi connectivity index (χ0v) is 18.2. The molecule has 0 radical (unpaired) electrons. The van der Waals surface area contributed by atoms with Crippen LogP contribution in [0.15, 0.2) is 60.7 Å². The van der Waals surface area contributed by atoms with Gasteiger partial charge >= 0.3 is 0 Å². The van der Waals surface area contributed by atoms with Crippen LogP contribution in [0.3, 0.4) is 0 Å². The number of carbonyl (C=O) groups is 1. The van der Waals surface area contributed by atoms with Crippen molar-refractivity contribution in [3.8, 4) is 6.07 Å². The van der Waals surface area contributed by atoms with E-state index in [2.05, 4.69) is 69.7 Å². The summed E-state index contributed by atoms with van der Waals surface area (Å²) in [6.07, 6.45) is 0. The number of nitrogens with one attached hydrogen (secondary N) is 1. The summed E-state index contributed by atoms with van der Waals surface area (Å²) < 4.78 is 0. The SMILES string of the molecule is CC(C)[C@](C)(C#N)NC(=O)CN1CCN(C(c2ccccc2)c2ccccc2)CC1. The predicted octanol–water partition coefficient (Wildman–Crippen LogP) is 3.45. The van der Waals surface area contributed by atoms with Gasteiger partial charge in [0.15, 0.2) is 0 Å². The van der Waals surface area contributed by atoms with Gasteiger partial charge in [-0.15, -0.1) is 0 Å². The molecule has 2 aromatic carbocycles. The first-order valence-electron chi connectivity index (χ1n) is 10.7. The van der Waals surface area contributed by atoms with E-state index in [1.807, 2.05) is 26.0 Å². The van der Waals surface area contributed by atoms with E-state index in [0.717, 1.165) is 26.2 Å². The molecule has 30 heavy (non-hydrogen) atoms. The van der Waals surface area contributed by atoms with E-state index in [0.29, 0.717) is 6.54 Å². The van der Waals surface area contributed by atoms with E-state index in [1.54, 1.807) is 6.92 Å². The molecule has 1 aliphatic rings. The largest absolute Gasteiger partial charge is 0.337 e. The number of amides is 1. The van der Waals surface area contributed by atoms with E-state index >= 15 is 0 Å². The molecule has 0 saturated carbocycles. The highest BCUT2D eigenvalue weighted by molar-refractivity contribution is 5.79. The van der Waals surface area contributed by atoms with Crippen LogP contribution in [0, 0.1) is 17.2 Å². The Hall–Kier alpha value is -2.68. The third-order valence-electron chi connectivity index (χ3n) is 6.16. The van der Waals surface area contributed by atoms with E-state index in [-0.39, 0.29) is 17.9 Å². The average Bonchev–Trinajstić information content (AvgIpc) is 2.76. The number of rotatable bonds is 7. The quantitative estimate of drug-likeness (QED) is 0.768. The lowest BCUT2D eigenvalue weighted by Crippen LogP contribution is -2.54. The molecule has 1 N–H and O–H groups in total. The van der Waals surface area contributed by atoms with Crippen molar-refractivity contribution in [1.29, 1.82) is 5.26 Å². The molecule has 1 amide bonds. The van der Waals surface area contributed by atoms with Crippen LogP contribution in [0.4, 0.5) is 0 Å². The summed E-state index contributed by atoms with van der Waals surface area (Å²) in [4.78, 5) is 17.2. The van der Waals surface area contributed by atoms with Crippen LogP contribution in [0.25, 0.3) is 0 Å². The zero-order valence-electron chi connectivity index (χ0n) is 18.2. The fourth-order valence-electron chi connectivity index (χ4n) is 3.90. The fourth-order valence-corrected chi connectivity index (χ4v) is 3.90. The summed E-state index contributed by atoms with van der Waals surface area (Å²) in [6, 6.07) is 23.7. The van der Waals surface area contributed by atoms with Gasteiger partial charge in [-0.2, -0.15) is 5.26 Å². The monoisotopic (exact) mass is 404 g/mol. The molecular weight excluding hydrogens is 372 g/mol. The molecule has 0 aliphatic carbocycles. The summed E-state index contributed by atoms with van der Waals surface area (Å²) in [5.74, 6) is -0.0235. The number of nitriles is 1. The summed E-state index contributed by atoms with van der Waals surface area (Å²) >= 11 is 0. The van der Waals surface area contributed by atoms with Crippen LogP contribution in [-0.2, 0) is 4.79 Å². The summed E-state index contributed by atoms with van der Waals surface area (Å²) in [6.45, 7) is 9.47. The zero-order chi connectivity index (χ0) is 21.6. The van der Waals surface area contributed by atoms with Crippen LogP contribution in [0.5, 0.6) is 0 Å². The Kier molecular flexibility index (Phi) is 7.25. The number of piperazine rings is 1. The molecule has 0 unspecified atom stereocenters. The second kappa shape index (κ2) is 9.88. The minimum atomic E-state index is -0.829. The van der Waals surface area contributed by atoms with E-state index in [4.69, 9.17) is 0 Å². The second-order valence-corrected chi connectivity index (χ2v) is 8.55. The average molecular weight is 405 g/mol. The predicted molar refractivity (Wildman–Crippen MR) is 120 cm³/mol. The Labute approximate surface area is 180 Å². The van der Waals surface area contributed by atoms with Gasteiger partial charge in [0.05, 0.1) is 18.7 Å². The Balaban J connectivity index is 1.63. The molecule has 0 spiro atoms. The van der Waals surface area contributed by atoms with Gasteiger partial charge in [-0.1, -0.05) is 74.5 Å². The molecule has 5 heteroatoms. The van der Waals surface area contributed by atoms with Crippen LogP contribution in [0.1, 0.15) is 37.9 Å². The van der Waals surface area contributed by atoms with Crippen molar-refractivity contribution in [3.63, 3.8) is 0 Å². The second-order valence-electron chi connectivity index (χ2n) is 8.55. The molecule has 1 heterocycles. The molecule has 5 nitrogen and oxygen atoms in total. The molecule has 1 aliphatic heterocycles. The smallest absolute Gasteiger partial charge is 0.235 e. The Morgan fingerprint density at radius 2 is 1.50 bits per heavy atom. The highest BCUT2D eigenvalue weighted by Gasteiger charge is 2.31. The molecule has 1 fully saturated rings. The Bertz CT molecular complexity index is 814. The van der Waals surface area contributed by atoms with Crippen molar-refractivity contribution in [1.82, 2.24) is 15.1 Å². The Morgan fingerprint density at radius 3 is 1.93 bits per heavy atom. The number of hydrogen-bond acceptors (Lipinski definition) is 4. The number of hydrogen-bond donors (Lipinski definition) is 1. The van der Waals surface area contributed by atoms with Gasteiger partial charge in [0, 0.05) is 26.2 Å². The van der Waals surface area contributed by atoms with Crippen LogP contribution in [-0.4, -0.2) is 54.0 Å². The summed E-state index contributed by atoms with van der Waals surface area (Å²) in [5.41, 5.74) is 1.75. The molecule has 0 bridgehead atoms. The highest BCUT2D eigenvalue weighted by Crippen LogP contribution is 2.29. The van der Waals surface area contributed by atoms with Gasteiger partial charge in [-0.25, -0.2) is 0 Å². The third-order valence-corrected chi connectivity index (χ3v) is 6.16. The van der Waals surface area contributed by atoms with Crippen molar-refractivity contribution in [3.05, 3.63) is 71.8 Å². The van der Waals surface area contributed by atoms with Crippen molar-refractivity contribution < 1.29 is 4.79 Å². The van der Waals surface area contributed by atoms with Gasteiger partial charge in [-0.3, -0.25) is 14.6 Å². The van der Waals surface area contributed by atoms with Crippen molar-refractivity contribution in [2.45, 2.75) is 32.4 Å². The first-order chi connectivity index (χ1) is 14.4. The molecular formula is C25H32N4O. The lowest BCUT2D eigenvalue weighted by atomic mass is 9.90. The van der Waals surface area contributed by atoms with Crippen LogP contribution >= 0.6 is 0 Å². The number of carbonyl (C=O) groups excluding carboxylic acids is 1.